The highest BCUT2D eigenvalue weighted by Gasteiger charge is 2.29. The third-order valence-corrected chi connectivity index (χ3v) is 5.31. The van der Waals surface area contributed by atoms with Crippen LogP contribution in [0.3, 0.4) is 0 Å². The molecule has 29 heavy (non-hydrogen) atoms. The molecule has 1 N–H and O–H groups in total. The molecule has 3 aromatic rings. The fraction of sp³-hybridized carbons (Fsp3) is 0.250. The summed E-state index contributed by atoms with van der Waals surface area (Å²) in [6, 6.07) is 11.0. The van der Waals surface area contributed by atoms with Gasteiger partial charge in [0.1, 0.15) is 12.9 Å². The van der Waals surface area contributed by atoms with Crippen molar-refractivity contribution in [1.82, 2.24) is 14.8 Å². The molecule has 1 amide bonds. The molecule has 0 saturated carbocycles. The van der Waals surface area contributed by atoms with E-state index in [1.54, 1.807) is 4.68 Å². The number of hydrogen-bond donors (Lipinski definition) is 1. The van der Waals surface area contributed by atoms with Crippen molar-refractivity contribution in [2.75, 3.05) is 11.9 Å². The zero-order valence-electron chi connectivity index (χ0n) is 15.6. The van der Waals surface area contributed by atoms with Crippen LogP contribution in [0.5, 0.6) is 11.5 Å². The Labute approximate surface area is 181 Å². The number of carbonyl (C=O) groups excluding carboxylic acids is 1. The molecular formula is C20H18BrClN4O3. The van der Waals surface area contributed by atoms with Crippen LogP contribution in [0, 0.1) is 0 Å². The Morgan fingerprint density at radius 2 is 2.17 bits per heavy atom. The Kier molecular flexibility index (Phi) is 5.73. The van der Waals surface area contributed by atoms with E-state index in [0.29, 0.717) is 35.7 Å². The number of benzene rings is 2. The van der Waals surface area contributed by atoms with Crippen LogP contribution in [-0.2, 0) is 11.4 Å². The molecule has 4 rings (SSSR count). The van der Waals surface area contributed by atoms with Crippen molar-refractivity contribution < 1.29 is 14.3 Å². The van der Waals surface area contributed by atoms with Gasteiger partial charge in [0, 0.05) is 5.02 Å². The molecule has 1 atom stereocenters. The molecule has 2 heterocycles. The Hall–Kier alpha value is -2.58. The lowest BCUT2D eigenvalue weighted by molar-refractivity contribution is -0.117. The van der Waals surface area contributed by atoms with E-state index in [9.17, 15) is 4.79 Å². The Balaban J connectivity index is 1.66. The van der Waals surface area contributed by atoms with E-state index >= 15 is 0 Å². The summed E-state index contributed by atoms with van der Waals surface area (Å²) >= 11 is 9.65. The summed E-state index contributed by atoms with van der Waals surface area (Å²) in [6.45, 7) is 2.73. The van der Waals surface area contributed by atoms with Gasteiger partial charge in [0.2, 0.25) is 11.9 Å². The molecular weight excluding hydrogens is 460 g/mol. The number of carbonyl (C=O) groups is 1. The Bertz CT molecular complexity index is 1060. The smallest absolute Gasteiger partial charge is 0.229 e. The second-order valence-corrected chi connectivity index (χ2v) is 7.77. The standard InChI is InChI=1S/C20H18BrClN4O3/c1-2-28-17-8-13(16-9-18(27)25-20-23-11-24-26(16)20)7-15(21)19(17)29-10-12-4-3-5-14(22)6-12/h3-8,11,16H,2,9-10H2,1H3,(H,23,24,25,27)/t16-/m1/s1. The van der Waals surface area contributed by atoms with Crippen molar-refractivity contribution in [2.45, 2.75) is 26.0 Å². The second-order valence-electron chi connectivity index (χ2n) is 6.48. The molecule has 0 radical (unpaired) electrons. The van der Waals surface area contributed by atoms with Crippen LogP contribution in [0.15, 0.2) is 47.2 Å². The first-order valence-electron chi connectivity index (χ1n) is 9.08. The maximum absolute atomic E-state index is 12.1. The third-order valence-electron chi connectivity index (χ3n) is 4.49. The average molecular weight is 478 g/mol. The van der Waals surface area contributed by atoms with Gasteiger partial charge >= 0.3 is 0 Å². The lowest BCUT2D eigenvalue weighted by atomic mass is 10.0. The molecule has 1 aliphatic heterocycles. The number of nitrogens with zero attached hydrogens (tertiary/aromatic N) is 3. The van der Waals surface area contributed by atoms with Gasteiger partial charge in [0.15, 0.2) is 11.5 Å². The number of rotatable bonds is 6. The van der Waals surface area contributed by atoms with Crippen molar-refractivity contribution in [3.05, 3.63) is 63.3 Å². The summed E-state index contributed by atoms with van der Waals surface area (Å²) < 4.78 is 14.3. The molecule has 0 spiro atoms. The van der Waals surface area contributed by atoms with Gasteiger partial charge in [-0.1, -0.05) is 23.7 Å². The minimum absolute atomic E-state index is 0.106. The maximum Gasteiger partial charge on any atom is 0.229 e. The first-order valence-corrected chi connectivity index (χ1v) is 10.2. The summed E-state index contributed by atoms with van der Waals surface area (Å²) in [5, 5.41) is 7.63. The van der Waals surface area contributed by atoms with E-state index in [2.05, 4.69) is 31.3 Å². The number of ether oxygens (including phenoxy) is 2. The van der Waals surface area contributed by atoms with Gasteiger partial charge in [-0.05, 0) is 58.2 Å². The molecule has 0 aliphatic carbocycles. The molecule has 0 bridgehead atoms. The molecule has 0 saturated heterocycles. The van der Waals surface area contributed by atoms with Crippen LogP contribution in [0.25, 0.3) is 0 Å². The van der Waals surface area contributed by atoms with Crippen molar-refractivity contribution in [1.29, 1.82) is 0 Å². The molecule has 1 aromatic heterocycles. The van der Waals surface area contributed by atoms with Gasteiger partial charge < -0.3 is 9.47 Å². The van der Waals surface area contributed by atoms with E-state index in [1.165, 1.54) is 6.33 Å². The molecule has 0 fully saturated rings. The minimum Gasteiger partial charge on any atom is -0.490 e. The van der Waals surface area contributed by atoms with Crippen LogP contribution in [0.1, 0.15) is 30.5 Å². The number of amides is 1. The number of nitrogens with one attached hydrogen (secondary N) is 1. The number of anilines is 1. The van der Waals surface area contributed by atoms with Crippen LogP contribution in [0.2, 0.25) is 5.02 Å². The quantitative estimate of drug-likeness (QED) is 0.561. The van der Waals surface area contributed by atoms with Gasteiger partial charge in [-0.25, -0.2) is 4.68 Å². The van der Waals surface area contributed by atoms with Crippen LogP contribution >= 0.6 is 27.5 Å². The topological polar surface area (TPSA) is 78.3 Å². The Morgan fingerprint density at radius 1 is 1.31 bits per heavy atom. The molecule has 2 aromatic carbocycles. The predicted octanol–water partition coefficient (Wildman–Crippen LogP) is 4.60. The normalized spacial score (nSPS) is 15.6. The largest absolute Gasteiger partial charge is 0.490 e. The number of hydrogen-bond acceptors (Lipinski definition) is 5. The van der Waals surface area contributed by atoms with E-state index < -0.39 is 0 Å². The number of aromatic nitrogens is 3. The van der Waals surface area contributed by atoms with Gasteiger partial charge in [-0.2, -0.15) is 10.1 Å². The summed E-state index contributed by atoms with van der Waals surface area (Å²) in [6.07, 6.45) is 1.69. The average Bonchev–Trinajstić information content (AvgIpc) is 3.15. The van der Waals surface area contributed by atoms with E-state index in [1.807, 2.05) is 43.3 Å². The monoisotopic (exact) mass is 476 g/mol. The fourth-order valence-electron chi connectivity index (χ4n) is 3.23. The van der Waals surface area contributed by atoms with E-state index in [4.69, 9.17) is 21.1 Å². The molecule has 7 nitrogen and oxygen atoms in total. The highest BCUT2D eigenvalue weighted by atomic mass is 79.9. The zero-order chi connectivity index (χ0) is 20.4. The highest BCUT2D eigenvalue weighted by molar-refractivity contribution is 9.10. The fourth-order valence-corrected chi connectivity index (χ4v) is 4.02. The van der Waals surface area contributed by atoms with Crippen molar-refractivity contribution >= 4 is 39.4 Å². The third kappa shape index (κ3) is 4.23. The summed E-state index contributed by atoms with van der Waals surface area (Å²) in [5.41, 5.74) is 1.82. The van der Waals surface area contributed by atoms with Gasteiger partial charge in [-0.15, -0.1) is 0 Å². The van der Waals surface area contributed by atoms with Crippen LogP contribution in [-0.4, -0.2) is 27.3 Å². The minimum atomic E-state index is -0.279. The molecule has 9 heteroatoms. The van der Waals surface area contributed by atoms with Gasteiger partial charge in [0.05, 0.1) is 23.5 Å². The lowest BCUT2D eigenvalue weighted by Crippen LogP contribution is -2.29. The zero-order valence-corrected chi connectivity index (χ0v) is 17.9. The molecule has 150 valence electrons. The van der Waals surface area contributed by atoms with Gasteiger partial charge in [0.25, 0.3) is 0 Å². The summed E-state index contributed by atoms with van der Waals surface area (Å²) in [4.78, 5) is 16.2. The van der Waals surface area contributed by atoms with E-state index in [-0.39, 0.29) is 18.4 Å². The first kappa shape index (κ1) is 19.7. The SMILES string of the molecule is CCOc1cc([C@H]2CC(=O)Nc3ncnn32)cc(Br)c1OCc1cccc(Cl)c1. The van der Waals surface area contributed by atoms with Crippen LogP contribution in [0.4, 0.5) is 5.95 Å². The molecule has 0 unspecified atom stereocenters. The first-order chi connectivity index (χ1) is 14.0. The lowest BCUT2D eigenvalue weighted by Gasteiger charge is -2.25. The Morgan fingerprint density at radius 3 is 2.97 bits per heavy atom. The number of fused-ring (bicyclic) bond motifs is 1. The molecule has 1 aliphatic rings. The summed E-state index contributed by atoms with van der Waals surface area (Å²) in [7, 11) is 0. The maximum atomic E-state index is 12.1. The van der Waals surface area contributed by atoms with Crippen molar-refractivity contribution in [3.63, 3.8) is 0 Å². The highest BCUT2D eigenvalue weighted by Crippen LogP contribution is 2.41. The summed E-state index contributed by atoms with van der Waals surface area (Å²) in [5.74, 6) is 1.51. The van der Waals surface area contributed by atoms with Crippen molar-refractivity contribution in [2.24, 2.45) is 0 Å². The predicted molar refractivity (Wildman–Crippen MR) is 113 cm³/mol. The second kappa shape index (κ2) is 8.42. The van der Waals surface area contributed by atoms with Crippen LogP contribution < -0.4 is 14.8 Å². The van der Waals surface area contributed by atoms with E-state index in [0.717, 1.165) is 15.6 Å². The van der Waals surface area contributed by atoms with Gasteiger partial charge in [-0.3, -0.25) is 10.1 Å². The number of halogens is 2. The van der Waals surface area contributed by atoms with Crippen molar-refractivity contribution in [3.8, 4) is 11.5 Å².